The maximum Gasteiger partial charge on any atom is 0.329 e. The summed E-state index contributed by atoms with van der Waals surface area (Å²) < 4.78 is 14.0. The molecule has 3 aromatic rings. The summed E-state index contributed by atoms with van der Waals surface area (Å²) in [6, 6.07) is 13.4. The predicted octanol–water partition coefficient (Wildman–Crippen LogP) is 2.94. The van der Waals surface area contributed by atoms with Gasteiger partial charge in [0.05, 0.1) is 25.3 Å². The lowest BCUT2D eigenvalue weighted by atomic mass is 10.0. The second kappa shape index (κ2) is 9.38. The van der Waals surface area contributed by atoms with Gasteiger partial charge >= 0.3 is 5.69 Å². The number of aromatic nitrogens is 2. The van der Waals surface area contributed by atoms with Crippen LogP contribution in [0.4, 0.5) is 5.69 Å². The van der Waals surface area contributed by atoms with Crippen LogP contribution >= 0.6 is 0 Å². The fourth-order valence-electron chi connectivity index (χ4n) is 4.41. The second-order valence-corrected chi connectivity index (χ2v) is 8.03. The van der Waals surface area contributed by atoms with Crippen LogP contribution in [0.2, 0.25) is 0 Å². The standard InChI is InChI=1S/C24H30N4O4/c1-4-27-21-9-5-6-10-22(21)28(24(27)30)16-23(29)26-11-7-8-17(15-26)25-18-12-19(31-2)14-20(13-18)32-3/h5-6,9-10,12-14,17,25H,4,7-8,11,15-16H2,1-3H3. The number of para-hydroxylation sites is 2. The van der Waals surface area contributed by atoms with E-state index in [4.69, 9.17) is 9.47 Å². The Bertz CT molecular complexity index is 1140. The number of rotatable bonds is 7. The van der Waals surface area contributed by atoms with E-state index in [2.05, 4.69) is 5.32 Å². The largest absolute Gasteiger partial charge is 0.497 e. The Morgan fingerprint density at radius 3 is 2.34 bits per heavy atom. The Morgan fingerprint density at radius 2 is 1.72 bits per heavy atom. The number of ether oxygens (including phenoxy) is 2. The molecule has 8 heteroatoms. The summed E-state index contributed by atoms with van der Waals surface area (Å²) in [5.74, 6) is 1.38. The molecule has 1 aromatic heterocycles. The number of piperidine rings is 1. The van der Waals surface area contributed by atoms with E-state index >= 15 is 0 Å². The number of carbonyl (C=O) groups excluding carboxylic acids is 1. The summed E-state index contributed by atoms with van der Waals surface area (Å²) in [7, 11) is 3.24. The first-order valence-electron chi connectivity index (χ1n) is 11.0. The summed E-state index contributed by atoms with van der Waals surface area (Å²) in [5, 5.41) is 3.51. The third-order valence-corrected chi connectivity index (χ3v) is 6.03. The van der Waals surface area contributed by atoms with Crippen molar-refractivity contribution in [1.29, 1.82) is 0 Å². The zero-order chi connectivity index (χ0) is 22.7. The molecule has 0 radical (unpaired) electrons. The van der Waals surface area contributed by atoms with Crippen LogP contribution in [0.25, 0.3) is 11.0 Å². The average molecular weight is 439 g/mol. The highest BCUT2D eigenvalue weighted by atomic mass is 16.5. The van der Waals surface area contributed by atoms with Crippen molar-refractivity contribution in [2.75, 3.05) is 32.6 Å². The van der Waals surface area contributed by atoms with Gasteiger partial charge in [0.2, 0.25) is 5.91 Å². The molecule has 32 heavy (non-hydrogen) atoms. The Kier molecular flexibility index (Phi) is 6.39. The van der Waals surface area contributed by atoms with Crippen LogP contribution in [-0.2, 0) is 17.9 Å². The number of amides is 1. The Morgan fingerprint density at radius 1 is 1.06 bits per heavy atom. The number of fused-ring (bicyclic) bond motifs is 1. The maximum atomic E-state index is 13.1. The van der Waals surface area contributed by atoms with Gasteiger partial charge < -0.3 is 19.7 Å². The Balaban J connectivity index is 1.49. The summed E-state index contributed by atoms with van der Waals surface area (Å²) in [6.45, 7) is 3.83. The lowest BCUT2D eigenvalue weighted by Gasteiger charge is -2.34. The van der Waals surface area contributed by atoms with Crippen molar-refractivity contribution in [3.05, 3.63) is 52.9 Å². The zero-order valence-electron chi connectivity index (χ0n) is 18.8. The highest BCUT2D eigenvalue weighted by Gasteiger charge is 2.25. The molecule has 4 rings (SSSR count). The van der Waals surface area contributed by atoms with Crippen LogP contribution in [0.1, 0.15) is 19.8 Å². The fourth-order valence-corrected chi connectivity index (χ4v) is 4.41. The van der Waals surface area contributed by atoms with Gasteiger partial charge in [-0.3, -0.25) is 13.9 Å². The van der Waals surface area contributed by atoms with E-state index in [1.54, 1.807) is 23.4 Å². The van der Waals surface area contributed by atoms with E-state index in [0.717, 1.165) is 29.6 Å². The van der Waals surface area contributed by atoms with Crippen LogP contribution in [0.15, 0.2) is 47.3 Å². The molecule has 1 unspecified atom stereocenters. The minimum atomic E-state index is -0.141. The molecule has 1 aliphatic heterocycles. The minimum Gasteiger partial charge on any atom is -0.497 e. The maximum absolute atomic E-state index is 13.1. The molecule has 0 spiro atoms. The fraction of sp³-hybridized carbons (Fsp3) is 0.417. The summed E-state index contributed by atoms with van der Waals surface area (Å²) in [6.07, 6.45) is 1.86. The molecule has 0 saturated carbocycles. The van der Waals surface area contributed by atoms with Crippen LogP contribution in [0, 0.1) is 0 Å². The normalized spacial score (nSPS) is 16.2. The molecule has 2 heterocycles. The van der Waals surface area contributed by atoms with Gasteiger partial charge in [0.25, 0.3) is 0 Å². The molecule has 1 amide bonds. The molecule has 1 saturated heterocycles. The van der Waals surface area contributed by atoms with E-state index in [1.807, 2.05) is 54.3 Å². The van der Waals surface area contributed by atoms with Crippen molar-refractivity contribution in [3.63, 3.8) is 0 Å². The molecule has 0 bridgehead atoms. The number of benzene rings is 2. The first-order valence-corrected chi connectivity index (χ1v) is 11.0. The van der Waals surface area contributed by atoms with Gasteiger partial charge in [0.1, 0.15) is 18.0 Å². The summed E-state index contributed by atoms with van der Waals surface area (Å²) >= 11 is 0. The first kappa shape index (κ1) is 21.8. The van der Waals surface area contributed by atoms with E-state index in [0.29, 0.717) is 31.1 Å². The number of imidazole rings is 1. The van der Waals surface area contributed by atoms with Gasteiger partial charge in [0.15, 0.2) is 0 Å². The molecule has 0 aliphatic carbocycles. The van der Waals surface area contributed by atoms with Crippen molar-refractivity contribution < 1.29 is 14.3 Å². The number of carbonyl (C=O) groups is 1. The topological polar surface area (TPSA) is 77.7 Å². The first-order chi connectivity index (χ1) is 15.5. The highest BCUT2D eigenvalue weighted by Crippen LogP contribution is 2.27. The van der Waals surface area contributed by atoms with E-state index < -0.39 is 0 Å². The summed E-state index contributed by atoms with van der Waals surface area (Å²) in [4.78, 5) is 27.9. The van der Waals surface area contributed by atoms with Crippen molar-refractivity contribution in [3.8, 4) is 11.5 Å². The summed E-state index contributed by atoms with van der Waals surface area (Å²) in [5.41, 5.74) is 2.40. The van der Waals surface area contributed by atoms with Crippen molar-refractivity contribution >= 4 is 22.6 Å². The molecule has 1 aliphatic rings. The predicted molar refractivity (Wildman–Crippen MR) is 125 cm³/mol. The minimum absolute atomic E-state index is 0.0409. The highest BCUT2D eigenvalue weighted by molar-refractivity contribution is 5.81. The smallest absolute Gasteiger partial charge is 0.329 e. The van der Waals surface area contributed by atoms with Gasteiger partial charge in [-0.05, 0) is 31.9 Å². The lowest BCUT2D eigenvalue weighted by Crippen LogP contribution is -2.47. The SMILES string of the molecule is CCn1c(=O)n(CC(=O)N2CCCC(Nc3cc(OC)cc(OC)c3)C2)c2ccccc21. The monoisotopic (exact) mass is 438 g/mol. The van der Waals surface area contributed by atoms with Crippen LogP contribution in [-0.4, -0.2) is 53.3 Å². The number of hydrogen-bond acceptors (Lipinski definition) is 5. The van der Waals surface area contributed by atoms with Crippen LogP contribution < -0.4 is 20.5 Å². The second-order valence-electron chi connectivity index (χ2n) is 8.03. The van der Waals surface area contributed by atoms with Gasteiger partial charge in [0, 0.05) is 49.6 Å². The van der Waals surface area contributed by atoms with Gasteiger partial charge in [-0.2, -0.15) is 0 Å². The number of methoxy groups -OCH3 is 2. The van der Waals surface area contributed by atoms with Crippen molar-refractivity contribution in [2.24, 2.45) is 0 Å². The van der Waals surface area contributed by atoms with E-state index in [9.17, 15) is 9.59 Å². The third kappa shape index (κ3) is 4.30. The molecule has 1 N–H and O–H groups in total. The molecule has 1 atom stereocenters. The van der Waals surface area contributed by atoms with Gasteiger partial charge in [-0.25, -0.2) is 4.79 Å². The average Bonchev–Trinajstić information content (AvgIpc) is 3.09. The molecule has 170 valence electrons. The number of nitrogens with zero attached hydrogens (tertiary/aromatic N) is 3. The lowest BCUT2D eigenvalue weighted by molar-refractivity contribution is -0.132. The molecule has 1 fully saturated rings. The molecular weight excluding hydrogens is 408 g/mol. The third-order valence-electron chi connectivity index (χ3n) is 6.03. The Hall–Kier alpha value is -3.42. The van der Waals surface area contributed by atoms with Crippen molar-refractivity contribution in [2.45, 2.75) is 38.9 Å². The Labute approximate surface area is 187 Å². The van der Waals surface area contributed by atoms with Crippen LogP contribution in [0.5, 0.6) is 11.5 Å². The van der Waals surface area contributed by atoms with E-state index in [-0.39, 0.29) is 24.2 Å². The molecular formula is C24H30N4O4. The van der Waals surface area contributed by atoms with Crippen LogP contribution in [0.3, 0.4) is 0 Å². The zero-order valence-corrected chi connectivity index (χ0v) is 18.8. The number of likely N-dealkylation sites (tertiary alicyclic amines) is 1. The number of aryl methyl sites for hydroxylation is 1. The van der Waals surface area contributed by atoms with Gasteiger partial charge in [-0.1, -0.05) is 12.1 Å². The van der Waals surface area contributed by atoms with E-state index in [1.165, 1.54) is 0 Å². The number of hydrogen-bond donors (Lipinski definition) is 1. The van der Waals surface area contributed by atoms with Gasteiger partial charge in [-0.15, -0.1) is 0 Å². The quantitative estimate of drug-likeness (QED) is 0.614. The molecule has 2 aromatic carbocycles. The number of anilines is 1. The number of nitrogens with one attached hydrogen (secondary N) is 1. The van der Waals surface area contributed by atoms with Crippen molar-refractivity contribution in [1.82, 2.24) is 14.0 Å². The molecule has 8 nitrogen and oxygen atoms in total.